The zero-order chi connectivity index (χ0) is 13.8. The SMILES string of the molecule is CN(C)c1cccc(C(=O)NC2CCC(Br)CC2)c1. The molecule has 0 atom stereocenters. The van der Waals surface area contributed by atoms with Gasteiger partial charge in [-0.1, -0.05) is 22.0 Å². The maximum absolute atomic E-state index is 12.2. The predicted molar refractivity (Wildman–Crippen MR) is 83.2 cm³/mol. The number of amides is 1. The molecule has 1 fully saturated rings. The number of hydrogen-bond donors (Lipinski definition) is 1. The van der Waals surface area contributed by atoms with Crippen LogP contribution in [0.2, 0.25) is 0 Å². The van der Waals surface area contributed by atoms with Gasteiger partial charge in [0.1, 0.15) is 0 Å². The molecule has 19 heavy (non-hydrogen) atoms. The summed E-state index contributed by atoms with van der Waals surface area (Å²) in [5.74, 6) is 0.0433. The molecule has 1 aromatic rings. The number of carbonyl (C=O) groups excluding carboxylic acids is 1. The molecule has 1 aromatic carbocycles. The molecule has 3 nitrogen and oxygen atoms in total. The van der Waals surface area contributed by atoms with E-state index >= 15 is 0 Å². The summed E-state index contributed by atoms with van der Waals surface area (Å²) in [5.41, 5.74) is 1.80. The van der Waals surface area contributed by atoms with Crippen LogP contribution in [0.25, 0.3) is 0 Å². The van der Waals surface area contributed by atoms with Crippen molar-refractivity contribution in [2.24, 2.45) is 0 Å². The van der Waals surface area contributed by atoms with Gasteiger partial charge in [-0.05, 0) is 43.9 Å². The van der Waals surface area contributed by atoms with Crippen molar-refractivity contribution in [2.45, 2.75) is 36.6 Å². The van der Waals surface area contributed by atoms with Gasteiger partial charge in [-0.2, -0.15) is 0 Å². The summed E-state index contributed by atoms with van der Waals surface area (Å²) in [4.78, 5) is 14.9. The van der Waals surface area contributed by atoms with Crippen molar-refractivity contribution >= 4 is 27.5 Å². The van der Waals surface area contributed by atoms with Crippen molar-refractivity contribution in [1.82, 2.24) is 5.32 Å². The third-order valence-corrected chi connectivity index (χ3v) is 4.53. The van der Waals surface area contributed by atoms with Gasteiger partial charge in [0.05, 0.1) is 0 Å². The first-order chi connectivity index (χ1) is 9.06. The van der Waals surface area contributed by atoms with E-state index in [1.54, 1.807) is 0 Å². The number of hydrogen-bond acceptors (Lipinski definition) is 2. The van der Waals surface area contributed by atoms with Crippen LogP contribution in [-0.4, -0.2) is 30.9 Å². The Morgan fingerprint density at radius 2 is 1.95 bits per heavy atom. The number of alkyl halides is 1. The Kier molecular flexibility index (Phi) is 4.86. The highest BCUT2D eigenvalue weighted by Crippen LogP contribution is 2.24. The average Bonchev–Trinajstić information content (AvgIpc) is 2.41. The first kappa shape index (κ1) is 14.4. The van der Waals surface area contributed by atoms with E-state index in [0.717, 1.165) is 36.9 Å². The third-order valence-electron chi connectivity index (χ3n) is 3.62. The summed E-state index contributed by atoms with van der Waals surface area (Å²) in [7, 11) is 3.96. The van der Waals surface area contributed by atoms with Gasteiger partial charge < -0.3 is 10.2 Å². The maximum Gasteiger partial charge on any atom is 0.251 e. The molecular weight excluding hydrogens is 304 g/mol. The number of nitrogens with one attached hydrogen (secondary N) is 1. The maximum atomic E-state index is 12.2. The zero-order valence-corrected chi connectivity index (χ0v) is 13.1. The van der Waals surface area contributed by atoms with Gasteiger partial charge in [0, 0.05) is 36.2 Å². The molecule has 1 N–H and O–H groups in total. The van der Waals surface area contributed by atoms with Crippen LogP contribution in [0.4, 0.5) is 5.69 Å². The lowest BCUT2D eigenvalue weighted by molar-refractivity contribution is 0.0928. The Morgan fingerprint density at radius 1 is 1.26 bits per heavy atom. The van der Waals surface area contributed by atoms with Gasteiger partial charge in [-0.3, -0.25) is 4.79 Å². The van der Waals surface area contributed by atoms with Crippen LogP contribution in [0, 0.1) is 0 Å². The number of carbonyl (C=O) groups is 1. The van der Waals surface area contributed by atoms with E-state index in [9.17, 15) is 4.79 Å². The molecule has 0 heterocycles. The second-order valence-corrected chi connectivity index (χ2v) is 6.66. The second kappa shape index (κ2) is 6.42. The number of benzene rings is 1. The van der Waals surface area contributed by atoms with E-state index in [-0.39, 0.29) is 5.91 Å². The van der Waals surface area contributed by atoms with Crippen molar-refractivity contribution in [2.75, 3.05) is 19.0 Å². The third kappa shape index (κ3) is 3.96. The molecule has 0 aliphatic heterocycles. The van der Waals surface area contributed by atoms with Crippen molar-refractivity contribution in [3.8, 4) is 0 Å². The Labute approximate surface area is 123 Å². The van der Waals surface area contributed by atoms with Crippen LogP contribution < -0.4 is 10.2 Å². The molecule has 0 unspecified atom stereocenters. The fourth-order valence-electron chi connectivity index (χ4n) is 2.39. The van der Waals surface area contributed by atoms with Gasteiger partial charge in [-0.25, -0.2) is 0 Å². The molecule has 0 radical (unpaired) electrons. The minimum absolute atomic E-state index is 0.0433. The molecule has 104 valence electrons. The molecular formula is C15H21BrN2O. The lowest BCUT2D eigenvalue weighted by atomic mass is 9.95. The van der Waals surface area contributed by atoms with Crippen molar-refractivity contribution in [3.63, 3.8) is 0 Å². The molecule has 4 heteroatoms. The van der Waals surface area contributed by atoms with Gasteiger partial charge in [0.2, 0.25) is 0 Å². The second-order valence-electron chi connectivity index (χ2n) is 5.37. The fourth-order valence-corrected chi connectivity index (χ4v) is 2.92. The molecule has 0 bridgehead atoms. The molecule has 0 saturated heterocycles. The zero-order valence-electron chi connectivity index (χ0n) is 11.5. The van der Waals surface area contributed by atoms with Crippen LogP contribution >= 0.6 is 15.9 Å². The molecule has 1 saturated carbocycles. The Hall–Kier alpha value is -1.03. The van der Waals surface area contributed by atoms with Gasteiger partial charge in [0.25, 0.3) is 5.91 Å². The van der Waals surface area contributed by atoms with Crippen LogP contribution in [0.15, 0.2) is 24.3 Å². The Bertz CT molecular complexity index is 440. The van der Waals surface area contributed by atoms with Gasteiger partial charge in [0.15, 0.2) is 0 Å². The summed E-state index contributed by atoms with van der Waals surface area (Å²) in [6.45, 7) is 0. The van der Waals surface area contributed by atoms with Crippen LogP contribution in [0.3, 0.4) is 0 Å². The standard InChI is InChI=1S/C15H21BrN2O/c1-18(2)14-5-3-4-11(10-14)15(19)17-13-8-6-12(16)7-9-13/h3-5,10,12-13H,6-9H2,1-2H3,(H,17,19). The van der Waals surface area contributed by atoms with Crippen LogP contribution in [-0.2, 0) is 0 Å². The van der Waals surface area contributed by atoms with E-state index in [1.165, 1.54) is 0 Å². The van der Waals surface area contributed by atoms with E-state index in [2.05, 4.69) is 21.2 Å². The van der Waals surface area contributed by atoms with Crippen LogP contribution in [0.1, 0.15) is 36.0 Å². The van der Waals surface area contributed by atoms with Crippen molar-refractivity contribution in [1.29, 1.82) is 0 Å². The van der Waals surface area contributed by atoms with Crippen LogP contribution in [0.5, 0.6) is 0 Å². The lowest BCUT2D eigenvalue weighted by Gasteiger charge is -2.26. The summed E-state index contributed by atoms with van der Waals surface area (Å²) >= 11 is 3.63. The number of anilines is 1. The minimum atomic E-state index is 0.0433. The highest BCUT2D eigenvalue weighted by Gasteiger charge is 2.21. The Morgan fingerprint density at radius 3 is 2.58 bits per heavy atom. The number of halogens is 1. The molecule has 0 aromatic heterocycles. The average molecular weight is 325 g/mol. The quantitative estimate of drug-likeness (QED) is 0.866. The van der Waals surface area contributed by atoms with Gasteiger partial charge >= 0.3 is 0 Å². The summed E-state index contributed by atoms with van der Waals surface area (Å²) in [6, 6.07) is 8.07. The Balaban J connectivity index is 1.98. The number of rotatable bonds is 3. The predicted octanol–water partition coefficient (Wildman–Crippen LogP) is 3.19. The minimum Gasteiger partial charge on any atom is -0.378 e. The molecule has 1 aliphatic carbocycles. The van der Waals surface area contributed by atoms with Crippen molar-refractivity contribution in [3.05, 3.63) is 29.8 Å². The monoisotopic (exact) mass is 324 g/mol. The summed E-state index contributed by atoms with van der Waals surface area (Å²) in [6.07, 6.45) is 4.41. The largest absolute Gasteiger partial charge is 0.378 e. The summed E-state index contributed by atoms with van der Waals surface area (Å²) < 4.78 is 0. The highest BCUT2D eigenvalue weighted by atomic mass is 79.9. The highest BCUT2D eigenvalue weighted by molar-refractivity contribution is 9.09. The molecule has 1 aliphatic rings. The summed E-state index contributed by atoms with van der Waals surface area (Å²) in [5, 5.41) is 3.14. The first-order valence-electron chi connectivity index (χ1n) is 6.78. The van der Waals surface area contributed by atoms with E-state index in [4.69, 9.17) is 0 Å². The lowest BCUT2D eigenvalue weighted by Crippen LogP contribution is -2.37. The van der Waals surface area contributed by atoms with Crippen molar-refractivity contribution < 1.29 is 4.79 Å². The number of nitrogens with zero attached hydrogens (tertiary/aromatic N) is 1. The molecule has 1 amide bonds. The van der Waals surface area contributed by atoms with Gasteiger partial charge in [-0.15, -0.1) is 0 Å². The van der Waals surface area contributed by atoms with E-state index in [0.29, 0.717) is 10.9 Å². The first-order valence-corrected chi connectivity index (χ1v) is 7.70. The topological polar surface area (TPSA) is 32.3 Å². The molecule has 0 spiro atoms. The molecule has 2 rings (SSSR count). The van der Waals surface area contributed by atoms with E-state index in [1.807, 2.05) is 43.3 Å². The smallest absolute Gasteiger partial charge is 0.251 e. The normalized spacial score (nSPS) is 22.9. The fraction of sp³-hybridized carbons (Fsp3) is 0.533. The van der Waals surface area contributed by atoms with E-state index < -0.39 is 0 Å².